The largest absolute Gasteiger partial charge is 0.309 e. The first-order valence-corrected chi connectivity index (χ1v) is 21.3. The number of nitrogens with zero attached hydrogens (tertiary/aromatic N) is 4. The summed E-state index contributed by atoms with van der Waals surface area (Å²) in [5, 5.41) is 14.4. The SMILES string of the molecule is [C-]#[N+]c1ccc(-n2c3ccccc3c3cc(-c4ccc(C)cc4)ccc32)cc1-c1cc(-c2ccc(C#N)cc2C)ccc1-n1c2ccccc2c2cc(-c3ccc(C)cc3)ccc21. The minimum absolute atomic E-state index is 0.568. The fourth-order valence-electron chi connectivity index (χ4n) is 9.48. The fourth-order valence-corrected chi connectivity index (χ4v) is 9.48. The van der Waals surface area contributed by atoms with E-state index in [2.05, 4.69) is 205 Å². The lowest BCUT2D eigenvalue weighted by atomic mass is 9.93. The number of rotatable bonds is 6. The summed E-state index contributed by atoms with van der Waals surface area (Å²) >= 11 is 0. The molecule has 0 N–H and O–H groups in total. The summed E-state index contributed by atoms with van der Waals surface area (Å²) < 4.78 is 4.70. The van der Waals surface area contributed by atoms with Gasteiger partial charge in [0.05, 0.1) is 46.0 Å². The van der Waals surface area contributed by atoms with E-state index in [1.54, 1.807) is 0 Å². The Balaban J connectivity index is 1.17. The van der Waals surface area contributed by atoms with Gasteiger partial charge >= 0.3 is 0 Å². The number of hydrogen-bond acceptors (Lipinski definition) is 1. The Morgan fingerprint density at radius 3 is 1.56 bits per heavy atom. The van der Waals surface area contributed by atoms with E-state index < -0.39 is 0 Å². The highest BCUT2D eigenvalue weighted by atomic mass is 15.0. The van der Waals surface area contributed by atoms with Crippen LogP contribution in [-0.2, 0) is 0 Å². The first-order valence-electron chi connectivity index (χ1n) is 21.3. The number of hydrogen-bond donors (Lipinski definition) is 0. The molecule has 0 radical (unpaired) electrons. The van der Waals surface area contributed by atoms with Crippen molar-refractivity contribution in [1.29, 1.82) is 5.26 Å². The molecule has 0 saturated carbocycles. The van der Waals surface area contributed by atoms with Crippen molar-refractivity contribution >= 4 is 49.3 Å². The fraction of sp³-hybridized carbons (Fsp3) is 0.0508. The number of nitriles is 1. The van der Waals surface area contributed by atoms with E-state index in [4.69, 9.17) is 6.57 Å². The zero-order valence-electron chi connectivity index (χ0n) is 35.2. The van der Waals surface area contributed by atoms with E-state index in [0.717, 1.165) is 77.6 Å². The van der Waals surface area contributed by atoms with E-state index in [-0.39, 0.29) is 0 Å². The van der Waals surface area contributed by atoms with Gasteiger partial charge < -0.3 is 9.13 Å². The molecule has 0 fully saturated rings. The minimum atomic E-state index is 0.568. The van der Waals surface area contributed by atoms with Crippen LogP contribution in [0.15, 0.2) is 188 Å². The molecule has 9 aromatic carbocycles. The summed E-state index contributed by atoms with van der Waals surface area (Å²) in [6.45, 7) is 14.9. The number of benzene rings is 9. The van der Waals surface area contributed by atoms with Gasteiger partial charge in [0, 0.05) is 27.2 Å². The molecule has 296 valence electrons. The van der Waals surface area contributed by atoms with Crippen molar-refractivity contribution in [3.63, 3.8) is 0 Å². The van der Waals surface area contributed by atoms with Crippen molar-refractivity contribution in [3.8, 4) is 62.0 Å². The van der Waals surface area contributed by atoms with Crippen LogP contribution in [0.3, 0.4) is 0 Å². The second-order valence-electron chi connectivity index (χ2n) is 16.6. The summed E-state index contributed by atoms with van der Waals surface area (Å²) in [6, 6.07) is 69.2. The van der Waals surface area contributed by atoms with Crippen molar-refractivity contribution in [2.24, 2.45) is 0 Å². The number of fused-ring (bicyclic) bond motifs is 6. The van der Waals surface area contributed by atoms with Crippen LogP contribution in [-0.4, -0.2) is 9.13 Å². The van der Waals surface area contributed by atoms with Gasteiger partial charge in [-0.15, -0.1) is 0 Å². The third kappa shape index (κ3) is 6.28. The molecule has 2 heterocycles. The predicted molar refractivity (Wildman–Crippen MR) is 262 cm³/mol. The molecule has 63 heavy (non-hydrogen) atoms. The third-order valence-corrected chi connectivity index (χ3v) is 12.7. The van der Waals surface area contributed by atoms with Crippen LogP contribution in [0, 0.1) is 38.7 Å². The molecule has 0 aliphatic carbocycles. The maximum atomic E-state index is 9.71. The standard InChI is InChI=1S/C59H40N4/c1-37-13-18-41(19-14-37)43-22-28-57-51(32-43)48-9-5-7-11-55(48)62(57)46-25-27-54(61-4)50(35-46)53-34-45(47-26-17-40(36-60)31-39(47)3)24-30-59(53)63-56-12-8-6-10-49(56)52-33-44(23-29-58(52)63)42-20-15-38(2)16-21-42/h5-35H,1-3H3. The zero-order chi connectivity index (χ0) is 42.8. The molecule has 4 nitrogen and oxygen atoms in total. The molecule has 0 bridgehead atoms. The van der Waals surface area contributed by atoms with Crippen molar-refractivity contribution in [2.45, 2.75) is 20.8 Å². The van der Waals surface area contributed by atoms with Gasteiger partial charge in [-0.3, -0.25) is 0 Å². The van der Waals surface area contributed by atoms with Crippen molar-refractivity contribution in [2.75, 3.05) is 0 Å². The number of aryl methyl sites for hydroxylation is 3. The number of aromatic nitrogens is 2. The average molecular weight is 805 g/mol. The summed E-state index contributed by atoms with van der Waals surface area (Å²) in [7, 11) is 0. The Hall–Kier alpha value is -8.44. The highest BCUT2D eigenvalue weighted by Crippen LogP contribution is 2.44. The highest BCUT2D eigenvalue weighted by Gasteiger charge is 2.21. The molecular formula is C59H40N4. The van der Waals surface area contributed by atoms with Gasteiger partial charge in [0.1, 0.15) is 0 Å². The summed E-state index contributed by atoms with van der Waals surface area (Å²) in [4.78, 5) is 4.18. The molecule has 2 aromatic heterocycles. The van der Waals surface area contributed by atoms with Gasteiger partial charge in [0.2, 0.25) is 0 Å². The lowest BCUT2D eigenvalue weighted by Crippen LogP contribution is -2.00. The van der Waals surface area contributed by atoms with E-state index >= 15 is 0 Å². The second kappa shape index (κ2) is 14.9. The molecule has 0 aliphatic heterocycles. The van der Waals surface area contributed by atoms with Gasteiger partial charge in [0.15, 0.2) is 5.69 Å². The smallest absolute Gasteiger partial charge is 0.195 e. The van der Waals surface area contributed by atoms with Crippen LogP contribution in [0.25, 0.3) is 104 Å². The van der Waals surface area contributed by atoms with E-state index in [1.165, 1.54) is 38.6 Å². The summed E-state index contributed by atoms with van der Waals surface area (Å²) in [6.07, 6.45) is 0. The molecule has 0 saturated heterocycles. The Labute approximate surface area is 366 Å². The van der Waals surface area contributed by atoms with Crippen LogP contribution < -0.4 is 0 Å². The normalized spacial score (nSPS) is 11.4. The van der Waals surface area contributed by atoms with E-state index in [0.29, 0.717) is 11.3 Å². The minimum Gasteiger partial charge on any atom is -0.309 e. The lowest BCUT2D eigenvalue weighted by Gasteiger charge is -2.19. The summed E-state index contributed by atoms with van der Waals surface area (Å²) in [5.74, 6) is 0. The van der Waals surface area contributed by atoms with E-state index in [1.807, 2.05) is 24.3 Å². The van der Waals surface area contributed by atoms with Gasteiger partial charge in [-0.25, -0.2) is 4.85 Å². The lowest BCUT2D eigenvalue weighted by molar-refractivity contribution is 1.17. The highest BCUT2D eigenvalue weighted by molar-refractivity contribution is 6.12. The topological polar surface area (TPSA) is 38.0 Å². The Kier molecular flexibility index (Phi) is 8.90. The Bertz CT molecular complexity index is 3720. The maximum absolute atomic E-state index is 9.71. The van der Waals surface area contributed by atoms with Crippen LogP contribution in [0.2, 0.25) is 0 Å². The Morgan fingerprint density at radius 2 is 0.968 bits per heavy atom. The second-order valence-corrected chi connectivity index (χ2v) is 16.6. The zero-order valence-corrected chi connectivity index (χ0v) is 35.2. The first kappa shape index (κ1) is 37.6. The van der Waals surface area contributed by atoms with Crippen molar-refractivity contribution in [3.05, 3.63) is 222 Å². The molecule has 0 atom stereocenters. The van der Waals surface area contributed by atoms with Gasteiger partial charge in [-0.05, 0) is 144 Å². The summed E-state index contributed by atoms with van der Waals surface area (Å²) in [5.41, 5.74) is 19.5. The molecular weight excluding hydrogens is 765 g/mol. The maximum Gasteiger partial charge on any atom is 0.195 e. The molecule has 0 amide bonds. The van der Waals surface area contributed by atoms with Crippen molar-refractivity contribution < 1.29 is 0 Å². The van der Waals surface area contributed by atoms with Gasteiger partial charge in [0.25, 0.3) is 0 Å². The average Bonchev–Trinajstić information content (AvgIpc) is 3.83. The third-order valence-electron chi connectivity index (χ3n) is 12.7. The number of para-hydroxylation sites is 2. The molecule has 11 rings (SSSR count). The van der Waals surface area contributed by atoms with Gasteiger partial charge in [-0.1, -0.05) is 126 Å². The van der Waals surface area contributed by atoms with Crippen molar-refractivity contribution in [1.82, 2.24) is 9.13 Å². The van der Waals surface area contributed by atoms with Crippen LogP contribution in [0.1, 0.15) is 22.3 Å². The molecule has 4 heteroatoms. The molecule has 0 unspecified atom stereocenters. The van der Waals surface area contributed by atoms with Crippen LogP contribution >= 0.6 is 0 Å². The molecule has 0 aliphatic rings. The van der Waals surface area contributed by atoms with Crippen LogP contribution in [0.4, 0.5) is 5.69 Å². The quantitative estimate of drug-likeness (QED) is 0.154. The van der Waals surface area contributed by atoms with E-state index in [9.17, 15) is 5.26 Å². The molecule has 11 aromatic rings. The van der Waals surface area contributed by atoms with Gasteiger partial charge in [-0.2, -0.15) is 5.26 Å². The molecule has 0 spiro atoms. The first-order chi connectivity index (χ1) is 30.9. The van der Waals surface area contributed by atoms with Crippen LogP contribution in [0.5, 0.6) is 0 Å². The predicted octanol–water partition coefficient (Wildman–Crippen LogP) is 15.9. The monoisotopic (exact) mass is 804 g/mol. The Morgan fingerprint density at radius 1 is 0.429 bits per heavy atom.